The first-order chi connectivity index (χ1) is 7.54. The first-order valence-electron chi connectivity index (χ1n) is 6.24. The van der Waals surface area contributed by atoms with Crippen molar-refractivity contribution in [3.63, 3.8) is 0 Å². The van der Waals surface area contributed by atoms with Crippen LogP contribution in [0, 0.1) is 0 Å². The molecule has 2 radical (unpaired) electrons. The quantitative estimate of drug-likeness (QED) is 0.386. The summed E-state index contributed by atoms with van der Waals surface area (Å²) >= 11 is 0.149. The molecule has 0 heterocycles. The van der Waals surface area contributed by atoms with Crippen LogP contribution in [0.15, 0.2) is 0 Å². The maximum atomic E-state index is 10.0. The Morgan fingerprint density at radius 2 is 1.25 bits per heavy atom. The number of carbonyl (C=O) groups is 2. The van der Waals surface area contributed by atoms with Gasteiger partial charge in [-0.25, -0.2) is 0 Å². The number of ketones is 2. The molecule has 0 atom stereocenters. The summed E-state index contributed by atoms with van der Waals surface area (Å²) in [7, 11) is 0. The number of unbranched alkanes of at least 4 members (excludes halogenated alkanes) is 2. The van der Waals surface area contributed by atoms with Crippen LogP contribution in [0.3, 0.4) is 0 Å². The van der Waals surface area contributed by atoms with E-state index in [0.29, 0.717) is 0 Å². The monoisotopic (exact) mass is 334 g/mol. The van der Waals surface area contributed by atoms with Crippen LogP contribution in [0.25, 0.3) is 0 Å². The number of hydrogen-bond donors (Lipinski definition) is 0. The van der Waals surface area contributed by atoms with Gasteiger partial charge in [-0.3, -0.25) is 9.59 Å². The molecule has 0 saturated heterocycles. The zero-order valence-electron chi connectivity index (χ0n) is 11.3. The molecule has 0 bridgehead atoms. The third-order valence-corrected chi connectivity index (χ3v) is 5.95. The molecule has 0 aromatic rings. The van der Waals surface area contributed by atoms with Gasteiger partial charge in [0.25, 0.3) is 0 Å². The van der Waals surface area contributed by atoms with Crippen molar-refractivity contribution in [1.82, 2.24) is 0 Å². The van der Waals surface area contributed by atoms with Crippen molar-refractivity contribution >= 4 is 32.7 Å². The van der Waals surface area contributed by atoms with Crippen LogP contribution in [0.1, 0.15) is 59.8 Å². The molecule has 0 unspecified atom stereocenters. The average molecular weight is 333 g/mol. The van der Waals surface area contributed by atoms with Crippen molar-refractivity contribution in [2.24, 2.45) is 0 Å². The van der Waals surface area contributed by atoms with Crippen molar-refractivity contribution in [1.29, 1.82) is 0 Å². The second-order valence-electron chi connectivity index (χ2n) is 4.04. The fraction of sp³-hybridized carbons (Fsp3) is 0.846. The van der Waals surface area contributed by atoms with Gasteiger partial charge in [0.15, 0.2) is 0 Å². The predicted octanol–water partition coefficient (Wildman–Crippen LogP) is 3.68. The van der Waals surface area contributed by atoms with Gasteiger partial charge < -0.3 is 0 Å². The fourth-order valence-corrected chi connectivity index (χ4v) is 5.24. The van der Waals surface area contributed by atoms with Gasteiger partial charge in [0.1, 0.15) is 11.6 Å². The third-order valence-electron chi connectivity index (χ3n) is 1.91. The number of rotatable bonds is 8. The molecule has 0 fully saturated rings. The van der Waals surface area contributed by atoms with Crippen LogP contribution in [-0.2, 0) is 9.59 Å². The van der Waals surface area contributed by atoms with Crippen molar-refractivity contribution in [2.75, 3.05) is 0 Å². The molecule has 0 rings (SSSR count). The topological polar surface area (TPSA) is 34.1 Å². The van der Waals surface area contributed by atoms with E-state index >= 15 is 0 Å². The number of Topliss-reactive ketones (excluding diaryl/α,β-unsaturated/α-hetero) is 2. The van der Waals surface area contributed by atoms with Crippen LogP contribution in [-0.4, -0.2) is 32.7 Å². The van der Waals surface area contributed by atoms with Crippen LogP contribution in [0.2, 0.25) is 8.87 Å². The molecule has 0 spiro atoms. The van der Waals surface area contributed by atoms with E-state index in [1.54, 1.807) is 8.87 Å². The summed E-state index contributed by atoms with van der Waals surface area (Å²) in [6.45, 7) is 7.39. The van der Waals surface area contributed by atoms with Gasteiger partial charge >= 0.3 is 69.5 Å². The fourth-order valence-electron chi connectivity index (χ4n) is 1.08. The Kier molecular flexibility index (Phi) is 17.5. The minimum atomic E-state index is -0.0625. The van der Waals surface area contributed by atoms with E-state index in [2.05, 4.69) is 13.8 Å². The Labute approximate surface area is 111 Å². The van der Waals surface area contributed by atoms with Crippen LogP contribution in [0.4, 0.5) is 0 Å². The molecule has 0 amide bonds. The van der Waals surface area contributed by atoms with Crippen molar-refractivity contribution in [3.8, 4) is 0 Å². The Morgan fingerprint density at radius 1 is 0.875 bits per heavy atom. The Bertz CT molecular complexity index is 161. The molecule has 94 valence electrons. The number of hydrogen-bond acceptors (Lipinski definition) is 2. The molecule has 0 N–H and O–H groups in total. The minimum absolute atomic E-state index is 0.0625. The zero-order chi connectivity index (χ0) is 12.8. The molecule has 0 aliphatic heterocycles. The molecule has 0 aromatic heterocycles. The van der Waals surface area contributed by atoms with Crippen molar-refractivity contribution in [2.45, 2.75) is 68.7 Å². The van der Waals surface area contributed by atoms with Crippen LogP contribution < -0.4 is 0 Å². The van der Waals surface area contributed by atoms with E-state index < -0.39 is 0 Å². The predicted molar refractivity (Wildman–Crippen MR) is 71.2 cm³/mol. The molecule has 0 saturated carbocycles. The summed E-state index contributed by atoms with van der Waals surface area (Å²) in [6.07, 6.45) is 5.92. The van der Waals surface area contributed by atoms with Crippen molar-refractivity contribution < 1.29 is 9.59 Å². The van der Waals surface area contributed by atoms with E-state index in [-0.39, 0.29) is 39.1 Å². The van der Waals surface area contributed by atoms with Gasteiger partial charge in [0, 0.05) is 0 Å². The van der Waals surface area contributed by atoms with Gasteiger partial charge in [-0.2, -0.15) is 0 Å². The van der Waals surface area contributed by atoms with E-state index in [1.807, 2.05) is 0 Å². The maximum absolute atomic E-state index is 10.0. The summed E-state index contributed by atoms with van der Waals surface area (Å²) in [5.74, 6) is -0.125. The second kappa shape index (κ2) is 15.1. The third kappa shape index (κ3) is 23.7. The Hall–Kier alpha value is 0.139. The average Bonchev–Trinajstić information content (AvgIpc) is 2.16. The van der Waals surface area contributed by atoms with Crippen LogP contribution in [0.5, 0.6) is 0 Å². The van der Waals surface area contributed by atoms with E-state index in [4.69, 9.17) is 0 Å². The normalized spacial score (nSPS) is 9.25. The molecule has 2 nitrogen and oxygen atoms in total. The molecule has 3 heteroatoms. The SMILES string of the molecule is CC(=O)CC(C)=O.CCC[CH2][Sn][CH2]CCC. The summed E-state index contributed by atoms with van der Waals surface area (Å²) < 4.78 is 3.25. The van der Waals surface area contributed by atoms with E-state index in [0.717, 1.165) is 0 Å². The molecular weight excluding hydrogens is 307 g/mol. The second-order valence-corrected chi connectivity index (χ2v) is 8.32. The van der Waals surface area contributed by atoms with Gasteiger partial charge in [-0.1, -0.05) is 0 Å². The molecule has 0 aliphatic carbocycles. The molecule has 0 aromatic carbocycles. The van der Waals surface area contributed by atoms with Gasteiger partial charge in [0.05, 0.1) is 6.42 Å². The van der Waals surface area contributed by atoms with Gasteiger partial charge in [-0.05, 0) is 13.8 Å². The van der Waals surface area contributed by atoms with Gasteiger partial charge in [0.2, 0.25) is 0 Å². The standard InChI is InChI=1S/C5H8O2.2C4H9.Sn/c1-4(6)3-5(2)7;2*1-3-4-2;/h3H2,1-2H3;2*1,3-4H2,2H3;. The first-order valence-corrected chi connectivity index (χ1v) is 10.3. The van der Waals surface area contributed by atoms with E-state index in [9.17, 15) is 9.59 Å². The van der Waals surface area contributed by atoms with Crippen molar-refractivity contribution in [3.05, 3.63) is 0 Å². The van der Waals surface area contributed by atoms with Crippen LogP contribution >= 0.6 is 0 Å². The molecule has 16 heavy (non-hydrogen) atoms. The Morgan fingerprint density at radius 3 is 1.44 bits per heavy atom. The summed E-state index contributed by atoms with van der Waals surface area (Å²) in [5.41, 5.74) is 0. The molecule has 0 aliphatic rings. The Balaban J connectivity index is 0. The van der Waals surface area contributed by atoms with E-state index in [1.165, 1.54) is 39.5 Å². The molecular formula is C13H26O2Sn. The first kappa shape index (κ1) is 18.5. The summed E-state index contributed by atoms with van der Waals surface area (Å²) in [5, 5.41) is 0. The summed E-state index contributed by atoms with van der Waals surface area (Å²) in [6, 6.07) is 0. The number of carbonyl (C=O) groups excluding carboxylic acids is 2. The zero-order valence-corrected chi connectivity index (χ0v) is 14.1. The van der Waals surface area contributed by atoms with Gasteiger partial charge in [-0.15, -0.1) is 0 Å². The summed E-state index contributed by atoms with van der Waals surface area (Å²) in [4.78, 5) is 20.1.